The molecule has 2 atom stereocenters. The quantitative estimate of drug-likeness (QED) is 0.808. The highest BCUT2D eigenvalue weighted by atomic mass is 32.1. The second-order valence-electron chi connectivity index (χ2n) is 5.21. The van der Waals surface area contributed by atoms with Crippen molar-refractivity contribution < 1.29 is 4.79 Å². The lowest BCUT2D eigenvalue weighted by atomic mass is 9.91. The van der Waals surface area contributed by atoms with Crippen molar-refractivity contribution >= 4 is 18.5 Å². The summed E-state index contributed by atoms with van der Waals surface area (Å²) in [7, 11) is 0. The molecule has 0 aliphatic carbocycles. The first-order chi connectivity index (χ1) is 8.61. The van der Waals surface area contributed by atoms with Gasteiger partial charge in [0.15, 0.2) is 0 Å². The Kier molecular flexibility index (Phi) is 4.33. The number of nitrogens with zero attached hydrogens (tertiary/aromatic N) is 1. The minimum Gasteiger partial charge on any atom is -0.336 e. The molecule has 0 spiro atoms. The molecule has 0 saturated carbocycles. The Morgan fingerprint density at radius 2 is 2.00 bits per heavy atom. The third-order valence-electron chi connectivity index (χ3n) is 3.93. The molecular weight excluding hydrogens is 242 g/mol. The number of piperidine rings is 1. The first kappa shape index (κ1) is 13.5. The molecule has 1 aliphatic rings. The van der Waals surface area contributed by atoms with Crippen molar-refractivity contribution in [2.45, 2.75) is 44.0 Å². The molecule has 2 unspecified atom stereocenters. The fraction of sp³-hybridized carbons (Fsp3) is 0.533. The minimum atomic E-state index is 0.161. The van der Waals surface area contributed by atoms with E-state index in [4.69, 9.17) is 0 Å². The lowest BCUT2D eigenvalue weighted by molar-refractivity contribution is 0.0556. The molecule has 0 N–H and O–H groups in total. The summed E-state index contributed by atoms with van der Waals surface area (Å²) in [5.41, 5.74) is 0.774. The maximum Gasteiger partial charge on any atom is 0.254 e. The molecule has 1 saturated heterocycles. The molecule has 1 aromatic rings. The molecule has 1 amide bonds. The largest absolute Gasteiger partial charge is 0.336 e. The summed E-state index contributed by atoms with van der Waals surface area (Å²) in [4.78, 5) is 15.4. The Morgan fingerprint density at radius 1 is 1.33 bits per heavy atom. The predicted molar refractivity (Wildman–Crippen MR) is 77.2 cm³/mol. The highest BCUT2D eigenvalue weighted by molar-refractivity contribution is 7.80. The number of likely N-dealkylation sites (tertiary alicyclic amines) is 1. The molecule has 3 heteroatoms. The van der Waals surface area contributed by atoms with Gasteiger partial charge in [-0.05, 0) is 49.9 Å². The zero-order chi connectivity index (χ0) is 13.1. The van der Waals surface area contributed by atoms with E-state index < -0.39 is 0 Å². The van der Waals surface area contributed by atoms with E-state index in [0.717, 1.165) is 29.8 Å². The summed E-state index contributed by atoms with van der Waals surface area (Å²) in [5.74, 6) is 0.822. The van der Waals surface area contributed by atoms with Gasteiger partial charge >= 0.3 is 0 Å². The lowest BCUT2D eigenvalue weighted by Crippen LogP contribution is -2.45. The zero-order valence-corrected chi connectivity index (χ0v) is 12.0. The fourth-order valence-electron chi connectivity index (χ4n) is 2.57. The van der Waals surface area contributed by atoms with Crippen LogP contribution in [0.2, 0.25) is 0 Å². The van der Waals surface area contributed by atoms with Gasteiger partial charge in [-0.3, -0.25) is 4.79 Å². The van der Waals surface area contributed by atoms with Crippen molar-refractivity contribution in [3.8, 4) is 0 Å². The maximum absolute atomic E-state index is 12.5. The molecule has 1 aliphatic heterocycles. The number of hydrogen-bond acceptors (Lipinski definition) is 2. The van der Waals surface area contributed by atoms with Crippen LogP contribution in [0.15, 0.2) is 29.2 Å². The van der Waals surface area contributed by atoms with Crippen molar-refractivity contribution in [2.24, 2.45) is 5.92 Å². The number of rotatable bonds is 2. The minimum absolute atomic E-state index is 0.161. The smallest absolute Gasteiger partial charge is 0.254 e. The van der Waals surface area contributed by atoms with Gasteiger partial charge in [-0.1, -0.05) is 13.3 Å². The van der Waals surface area contributed by atoms with E-state index in [2.05, 4.69) is 26.5 Å². The average molecular weight is 263 g/mol. The Morgan fingerprint density at radius 3 is 2.61 bits per heavy atom. The van der Waals surface area contributed by atoms with E-state index in [1.165, 1.54) is 6.42 Å². The highest BCUT2D eigenvalue weighted by Gasteiger charge is 2.28. The lowest BCUT2D eigenvalue weighted by Gasteiger charge is -2.37. The molecule has 0 aromatic heterocycles. The molecule has 2 rings (SSSR count). The Hall–Kier alpha value is -0.960. The van der Waals surface area contributed by atoms with E-state index in [0.29, 0.717) is 12.0 Å². The van der Waals surface area contributed by atoms with E-state index in [1.807, 2.05) is 29.2 Å². The van der Waals surface area contributed by atoms with Gasteiger partial charge < -0.3 is 4.90 Å². The number of benzene rings is 1. The Balaban J connectivity index is 2.13. The molecule has 1 aromatic carbocycles. The van der Waals surface area contributed by atoms with Crippen molar-refractivity contribution in [1.29, 1.82) is 0 Å². The molecule has 2 nitrogen and oxygen atoms in total. The molecule has 1 heterocycles. The number of thiol groups is 1. The van der Waals surface area contributed by atoms with Gasteiger partial charge in [0.25, 0.3) is 5.91 Å². The molecule has 0 bridgehead atoms. The summed E-state index contributed by atoms with van der Waals surface area (Å²) in [6.07, 6.45) is 3.53. The Labute approximate surface area is 115 Å². The van der Waals surface area contributed by atoms with Crippen LogP contribution in [0.25, 0.3) is 0 Å². The third kappa shape index (κ3) is 2.89. The number of carbonyl (C=O) groups is 1. The van der Waals surface area contributed by atoms with Gasteiger partial charge in [0.1, 0.15) is 0 Å². The van der Waals surface area contributed by atoms with Gasteiger partial charge in [-0.15, -0.1) is 12.6 Å². The van der Waals surface area contributed by atoms with Crippen LogP contribution in [0.5, 0.6) is 0 Å². The van der Waals surface area contributed by atoms with Crippen molar-refractivity contribution in [3.05, 3.63) is 29.8 Å². The number of carbonyl (C=O) groups excluding carboxylic acids is 1. The topological polar surface area (TPSA) is 20.3 Å². The van der Waals surface area contributed by atoms with Crippen LogP contribution in [-0.4, -0.2) is 23.4 Å². The summed E-state index contributed by atoms with van der Waals surface area (Å²) in [6.45, 7) is 5.26. The van der Waals surface area contributed by atoms with Crippen LogP contribution in [0.4, 0.5) is 0 Å². The maximum atomic E-state index is 12.5. The summed E-state index contributed by atoms with van der Waals surface area (Å²) < 4.78 is 0. The summed E-state index contributed by atoms with van der Waals surface area (Å²) in [5, 5.41) is 0. The van der Waals surface area contributed by atoms with Gasteiger partial charge in [0, 0.05) is 23.0 Å². The predicted octanol–water partition coefficient (Wildman–Crippen LogP) is 3.63. The van der Waals surface area contributed by atoms with Crippen LogP contribution in [0, 0.1) is 5.92 Å². The number of amides is 1. The number of hydrogen-bond donors (Lipinski definition) is 1. The monoisotopic (exact) mass is 263 g/mol. The first-order valence-electron chi connectivity index (χ1n) is 6.71. The summed E-state index contributed by atoms with van der Waals surface area (Å²) >= 11 is 4.25. The highest BCUT2D eigenvalue weighted by Crippen LogP contribution is 2.25. The normalized spacial score (nSPS) is 24.1. The molecule has 0 radical (unpaired) electrons. The van der Waals surface area contributed by atoms with E-state index >= 15 is 0 Å². The van der Waals surface area contributed by atoms with Crippen LogP contribution >= 0.6 is 12.6 Å². The van der Waals surface area contributed by atoms with Crippen molar-refractivity contribution in [1.82, 2.24) is 4.90 Å². The molecular formula is C15H21NOS. The van der Waals surface area contributed by atoms with Crippen LogP contribution in [-0.2, 0) is 0 Å². The zero-order valence-electron chi connectivity index (χ0n) is 11.1. The van der Waals surface area contributed by atoms with E-state index in [1.54, 1.807) is 0 Å². The van der Waals surface area contributed by atoms with Gasteiger partial charge in [-0.2, -0.15) is 0 Å². The van der Waals surface area contributed by atoms with Crippen LogP contribution in [0.3, 0.4) is 0 Å². The van der Waals surface area contributed by atoms with Crippen molar-refractivity contribution in [2.75, 3.05) is 6.54 Å². The first-order valence-corrected chi connectivity index (χ1v) is 7.16. The van der Waals surface area contributed by atoms with E-state index in [9.17, 15) is 4.79 Å². The second kappa shape index (κ2) is 5.79. The molecule has 98 valence electrons. The third-order valence-corrected chi connectivity index (χ3v) is 4.23. The van der Waals surface area contributed by atoms with Gasteiger partial charge in [-0.25, -0.2) is 0 Å². The second-order valence-corrected chi connectivity index (χ2v) is 5.72. The van der Waals surface area contributed by atoms with Crippen molar-refractivity contribution in [3.63, 3.8) is 0 Å². The average Bonchev–Trinajstić information content (AvgIpc) is 2.39. The van der Waals surface area contributed by atoms with Gasteiger partial charge in [0.2, 0.25) is 0 Å². The van der Waals surface area contributed by atoms with E-state index in [-0.39, 0.29) is 5.91 Å². The Bertz CT molecular complexity index is 415. The fourth-order valence-corrected chi connectivity index (χ4v) is 2.72. The van der Waals surface area contributed by atoms with Crippen LogP contribution < -0.4 is 0 Å². The SMILES string of the molecule is CCC1CCC(C)N(C(=O)c2ccc(S)cc2)C1. The summed E-state index contributed by atoms with van der Waals surface area (Å²) in [6, 6.07) is 7.85. The molecule has 1 fully saturated rings. The standard InChI is InChI=1S/C15H21NOS/c1-3-12-5-4-11(2)16(10-12)15(17)13-6-8-14(18)9-7-13/h6-9,11-12,18H,3-5,10H2,1-2H3. The van der Waals surface area contributed by atoms with Crippen LogP contribution in [0.1, 0.15) is 43.5 Å². The molecule has 18 heavy (non-hydrogen) atoms. The van der Waals surface area contributed by atoms with Gasteiger partial charge in [0.05, 0.1) is 0 Å².